The summed E-state index contributed by atoms with van der Waals surface area (Å²) in [4.78, 5) is 14.9. The first kappa shape index (κ1) is 19.7. The fourth-order valence-electron chi connectivity index (χ4n) is 3.47. The maximum atomic E-state index is 13.2. The number of furan rings is 1. The summed E-state index contributed by atoms with van der Waals surface area (Å²) in [6.45, 7) is 6.78. The summed E-state index contributed by atoms with van der Waals surface area (Å²) >= 11 is 0. The molecule has 4 rings (SSSR count). The molecule has 0 spiro atoms. The summed E-state index contributed by atoms with van der Waals surface area (Å²) in [6.07, 6.45) is 1.61. The summed E-state index contributed by atoms with van der Waals surface area (Å²) in [5.74, 6) is 1.33. The third kappa shape index (κ3) is 4.35. The molecule has 152 valence electrons. The molecule has 5 heteroatoms. The van der Waals surface area contributed by atoms with E-state index in [4.69, 9.17) is 8.94 Å². The van der Waals surface area contributed by atoms with Gasteiger partial charge in [-0.2, -0.15) is 0 Å². The molecule has 0 aliphatic heterocycles. The topological polar surface area (TPSA) is 59.5 Å². The average Bonchev–Trinajstić information content (AvgIpc) is 3.40. The Labute approximate surface area is 175 Å². The third-order valence-corrected chi connectivity index (χ3v) is 5.07. The second kappa shape index (κ2) is 8.41. The van der Waals surface area contributed by atoms with Crippen molar-refractivity contribution in [3.05, 3.63) is 101 Å². The van der Waals surface area contributed by atoms with Crippen LogP contribution in [-0.2, 0) is 13.1 Å². The second-order valence-corrected chi connectivity index (χ2v) is 7.61. The van der Waals surface area contributed by atoms with E-state index in [1.165, 1.54) is 5.56 Å². The van der Waals surface area contributed by atoms with E-state index in [1.807, 2.05) is 55.5 Å². The zero-order chi connectivity index (χ0) is 21.1. The van der Waals surface area contributed by atoms with Gasteiger partial charge in [-0.15, -0.1) is 0 Å². The zero-order valence-corrected chi connectivity index (χ0v) is 17.4. The van der Waals surface area contributed by atoms with Gasteiger partial charge in [0.25, 0.3) is 5.91 Å². The van der Waals surface area contributed by atoms with Gasteiger partial charge in [0.2, 0.25) is 0 Å². The maximum Gasteiger partial charge on any atom is 0.254 e. The highest BCUT2D eigenvalue weighted by molar-refractivity contribution is 5.94. The number of aromatic nitrogens is 1. The lowest BCUT2D eigenvalue weighted by Gasteiger charge is -2.20. The Bertz CT molecular complexity index is 1140. The van der Waals surface area contributed by atoms with Gasteiger partial charge in [-0.3, -0.25) is 4.79 Å². The van der Waals surface area contributed by atoms with Gasteiger partial charge in [-0.25, -0.2) is 0 Å². The molecule has 0 radical (unpaired) electrons. The molecule has 2 aromatic carbocycles. The smallest absolute Gasteiger partial charge is 0.254 e. The van der Waals surface area contributed by atoms with Gasteiger partial charge >= 0.3 is 0 Å². The first-order valence-electron chi connectivity index (χ1n) is 9.91. The van der Waals surface area contributed by atoms with Gasteiger partial charge in [0.1, 0.15) is 11.5 Å². The molecule has 5 nitrogen and oxygen atoms in total. The molecular formula is C25H24N2O3. The Hall–Kier alpha value is -3.60. The van der Waals surface area contributed by atoms with Crippen LogP contribution < -0.4 is 0 Å². The number of aryl methyl sites for hydroxylation is 3. The summed E-state index contributed by atoms with van der Waals surface area (Å²) in [5.41, 5.74) is 5.76. The molecule has 2 heterocycles. The lowest BCUT2D eigenvalue weighted by molar-refractivity contribution is 0.0713. The van der Waals surface area contributed by atoms with E-state index < -0.39 is 0 Å². The molecular weight excluding hydrogens is 376 g/mol. The van der Waals surface area contributed by atoms with Crippen molar-refractivity contribution in [1.29, 1.82) is 0 Å². The summed E-state index contributed by atoms with van der Waals surface area (Å²) in [7, 11) is 0. The van der Waals surface area contributed by atoms with Crippen LogP contribution in [-0.4, -0.2) is 16.0 Å². The SMILES string of the molecule is Cc1ccc(C(=O)N(Cc2cc(-c3ccc(C)cc3C)on2)Cc2ccco2)cc1. The van der Waals surface area contributed by atoms with Gasteiger partial charge < -0.3 is 13.8 Å². The minimum absolute atomic E-state index is 0.0810. The number of carbonyl (C=O) groups is 1. The van der Waals surface area contributed by atoms with Crippen LogP contribution in [0.4, 0.5) is 0 Å². The van der Waals surface area contributed by atoms with E-state index in [0.717, 1.165) is 16.7 Å². The first-order valence-corrected chi connectivity index (χ1v) is 9.91. The monoisotopic (exact) mass is 400 g/mol. The van der Waals surface area contributed by atoms with Crippen molar-refractivity contribution in [2.75, 3.05) is 0 Å². The van der Waals surface area contributed by atoms with Crippen LogP contribution in [0.3, 0.4) is 0 Å². The van der Waals surface area contributed by atoms with Crippen LogP contribution >= 0.6 is 0 Å². The van der Waals surface area contributed by atoms with Crippen LogP contribution in [0.2, 0.25) is 0 Å². The third-order valence-electron chi connectivity index (χ3n) is 5.07. The number of hydrogen-bond acceptors (Lipinski definition) is 4. The Morgan fingerprint density at radius 3 is 2.40 bits per heavy atom. The molecule has 0 atom stereocenters. The zero-order valence-electron chi connectivity index (χ0n) is 17.4. The number of rotatable bonds is 6. The van der Waals surface area contributed by atoms with Gasteiger partial charge in [0.05, 0.1) is 19.4 Å². The van der Waals surface area contributed by atoms with Gasteiger partial charge in [0, 0.05) is 17.2 Å². The highest BCUT2D eigenvalue weighted by Gasteiger charge is 2.20. The fourth-order valence-corrected chi connectivity index (χ4v) is 3.47. The summed E-state index contributed by atoms with van der Waals surface area (Å²) in [6, 6.07) is 19.3. The van der Waals surface area contributed by atoms with Gasteiger partial charge in [-0.1, -0.05) is 46.6 Å². The van der Waals surface area contributed by atoms with Crippen molar-refractivity contribution >= 4 is 5.91 Å². The van der Waals surface area contributed by atoms with E-state index in [9.17, 15) is 4.79 Å². The Morgan fingerprint density at radius 1 is 0.933 bits per heavy atom. The van der Waals surface area contributed by atoms with Crippen molar-refractivity contribution in [3.63, 3.8) is 0 Å². The van der Waals surface area contributed by atoms with Crippen molar-refractivity contribution in [2.45, 2.75) is 33.9 Å². The normalized spacial score (nSPS) is 10.9. The highest BCUT2D eigenvalue weighted by Crippen LogP contribution is 2.26. The molecule has 0 saturated heterocycles. The number of nitrogens with zero attached hydrogens (tertiary/aromatic N) is 2. The minimum atomic E-state index is -0.0810. The Morgan fingerprint density at radius 2 is 1.70 bits per heavy atom. The second-order valence-electron chi connectivity index (χ2n) is 7.61. The highest BCUT2D eigenvalue weighted by atomic mass is 16.5. The molecule has 0 aliphatic carbocycles. The molecule has 1 amide bonds. The standard InChI is InChI=1S/C25H24N2O3/c1-17-6-9-20(10-7-17)25(28)27(16-22-5-4-12-29-22)15-21-14-24(30-26-21)23-11-8-18(2)13-19(23)3/h4-14H,15-16H2,1-3H3. The molecule has 4 aromatic rings. The van der Waals surface area contributed by atoms with E-state index in [1.54, 1.807) is 11.2 Å². The number of benzene rings is 2. The van der Waals surface area contributed by atoms with Crippen molar-refractivity contribution in [1.82, 2.24) is 10.1 Å². The number of hydrogen-bond donors (Lipinski definition) is 0. The lowest BCUT2D eigenvalue weighted by atomic mass is 10.0. The van der Waals surface area contributed by atoms with Crippen LogP contribution in [0.5, 0.6) is 0 Å². The lowest BCUT2D eigenvalue weighted by Crippen LogP contribution is -2.30. The summed E-state index contributed by atoms with van der Waals surface area (Å²) in [5, 5.41) is 4.22. The molecule has 0 N–H and O–H groups in total. The molecule has 0 bridgehead atoms. The van der Waals surface area contributed by atoms with Gasteiger partial charge in [-0.05, 0) is 50.6 Å². The largest absolute Gasteiger partial charge is 0.467 e. The average molecular weight is 400 g/mol. The van der Waals surface area contributed by atoms with Crippen LogP contribution in [0.25, 0.3) is 11.3 Å². The summed E-state index contributed by atoms with van der Waals surface area (Å²) < 4.78 is 11.1. The maximum absolute atomic E-state index is 13.2. The first-order chi connectivity index (χ1) is 14.5. The van der Waals surface area contributed by atoms with Crippen molar-refractivity contribution in [2.24, 2.45) is 0 Å². The van der Waals surface area contributed by atoms with Crippen molar-refractivity contribution < 1.29 is 13.7 Å². The van der Waals surface area contributed by atoms with Crippen LogP contribution in [0, 0.1) is 20.8 Å². The van der Waals surface area contributed by atoms with E-state index in [0.29, 0.717) is 35.9 Å². The minimum Gasteiger partial charge on any atom is -0.467 e. The molecule has 0 fully saturated rings. The van der Waals surface area contributed by atoms with Crippen LogP contribution in [0.1, 0.15) is 38.5 Å². The molecule has 30 heavy (non-hydrogen) atoms. The molecule has 0 saturated carbocycles. The molecule has 0 unspecified atom stereocenters. The predicted molar refractivity (Wildman–Crippen MR) is 115 cm³/mol. The number of carbonyl (C=O) groups excluding carboxylic acids is 1. The predicted octanol–water partition coefficient (Wildman–Crippen LogP) is 5.70. The Balaban J connectivity index is 1.59. The van der Waals surface area contributed by atoms with Crippen LogP contribution in [0.15, 0.2) is 75.9 Å². The number of amides is 1. The van der Waals surface area contributed by atoms with E-state index in [2.05, 4.69) is 31.1 Å². The fraction of sp³-hybridized carbons (Fsp3) is 0.200. The molecule has 2 aromatic heterocycles. The molecule has 0 aliphatic rings. The van der Waals surface area contributed by atoms with E-state index >= 15 is 0 Å². The van der Waals surface area contributed by atoms with Crippen molar-refractivity contribution in [3.8, 4) is 11.3 Å². The Kier molecular flexibility index (Phi) is 5.53. The van der Waals surface area contributed by atoms with Gasteiger partial charge in [0.15, 0.2) is 5.76 Å². The van der Waals surface area contributed by atoms with E-state index in [-0.39, 0.29) is 5.91 Å². The quantitative estimate of drug-likeness (QED) is 0.416.